The average molecular weight is 1420 g/mol. The molecule has 12 amide bonds. The Morgan fingerprint density at radius 1 is 0.637 bits per heavy atom. The van der Waals surface area contributed by atoms with Crippen LogP contribution in [0.3, 0.4) is 0 Å². The van der Waals surface area contributed by atoms with Crippen LogP contribution < -0.4 is 70.8 Å². The lowest BCUT2D eigenvalue weighted by atomic mass is 9.96. The third-order valence-corrected chi connectivity index (χ3v) is 18.1. The van der Waals surface area contributed by atoms with Crippen molar-refractivity contribution in [2.45, 2.75) is 184 Å². The highest BCUT2D eigenvalue weighted by Gasteiger charge is 2.46. The smallest absolute Gasteiger partial charge is 0.328 e. The minimum Gasteiger partial charge on any atom is -0.480 e. The summed E-state index contributed by atoms with van der Waals surface area (Å²) in [5, 5.41) is 53.3. The van der Waals surface area contributed by atoms with Gasteiger partial charge in [0, 0.05) is 61.5 Å². The molecule has 2 fully saturated rings. The number of hydrogen-bond acceptors (Lipinski definition) is 18. The van der Waals surface area contributed by atoms with Gasteiger partial charge in [-0.15, -0.1) is 0 Å². The molecule has 35 heteroatoms. The van der Waals surface area contributed by atoms with Crippen molar-refractivity contribution in [2.75, 3.05) is 32.8 Å². The second kappa shape index (κ2) is 38.9. The van der Waals surface area contributed by atoms with E-state index in [9.17, 15) is 77.6 Å². The van der Waals surface area contributed by atoms with Crippen molar-refractivity contribution in [3.8, 4) is 0 Å². The van der Waals surface area contributed by atoms with Crippen LogP contribution in [0.2, 0.25) is 0 Å². The number of aromatic nitrogens is 3. The minimum absolute atomic E-state index is 0.0391. The molecular weight excluding hydrogens is 1330 g/mol. The van der Waals surface area contributed by atoms with E-state index in [0.29, 0.717) is 30.5 Å². The van der Waals surface area contributed by atoms with Gasteiger partial charge in [-0.05, 0) is 80.9 Å². The summed E-state index contributed by atoms with van der Waals surface area (Å²) < 4.78 is 0. The highest BCUT2D eigenvalue weighted by Crippen LogP contribution is 2.28. The van der Waals surface area contributed by atoms with Crippen molar-refractivity contribution >= 4 is 93.7 Å². The molecule has 556 valence electrons. The normalized spacial score (nSPS) is 17.8. The highest BCUT2D eigenvalue weighted by molar-refractivity contribution is 6.00. The van der Waals surface area contributed by atoms with Crippen molar-refractivity contribution in [3.05, 3.63) is 90.1 Å². The number of nitrogens with two attached hydrogens (primary N) is 4. The van der Waals surface area contributed by atoms with E-state index in [1.165, 1.54) is 22.3 Å². The number of amides is 12. The number of H-pyrrole nitrogens is 2. The largest absolute Gasteiger partial charge is 0.480 e. The van der Waals surface area contributed by atoms with Gasteiger partial charge in [-0.3, -0.25) is 62.5 Å². The van der Waals surface area contributed by atoms with Gasteiger partial charge in [-0.25, -0.2) is 9.78 Å². The second-order valence-corrected chi connectivity index (χ2v) is 25.7. The number of imidazole rings is 1. The third kappa shape index (κ3) is 23.0. The molecule has 0 unspecified atom stereocenters. The Morgan fingerprint density at radius 3 is 1.86 bits per heavy atom. The predicted molar refractivity (Wildman–Crippen MR) is 369 cm³/mol. The van der Waals surface area contributed by atoms with E-state index in [0.717, 1.165) is 23.4 Å². The van der Waals surface area contributed by atoms with E-state index < -0.39 is 181 Å². The van der Waals surface area contributed by atoms with Crippen LogP contribution in [0.25, 0.3) is 10.9 Å². The number of aliphatic hydroxyl groups is 2. The van der Waals surface area contributed by atoms with Gasteiger partial charge in [-0.2, -0.15) is 0 Å². The van der Waals surface area contributed by atoms with Crippen molar-refractivity contribution in [3.63, 3.8) is 0 Å². The molecule has 102 heavy (non-hydrogen) atoms. The van der Waals surface area contributed by atoms with E-state index in [4.69, 9.17) is 22.9 Å². The number of aliphatic carboxylic acids is 1. The first-order chi connectivity index (χ1) is 48.5. The number of hydrogen-bond donors (Lipinski definition) is 18. The standard InChI is InChI=1S/C67H97N19O16/c1-6-35(3)53(62(97)75-32-52(90)77-44(20-13-23-73-67(70)71)57(92)84-55(37(5)88)63(98)80-45(26-38-16-9-8-10-17-38)58(93)81-48(33-87)66(101)102)82-60(95)47(29-51(69)89)79-61(96)49-21-14-24-85(49)64(99)50-22-15-25-86(50)65(100)54(36(4)7-2)83-59(94)46(28-40-31-72-34-76-40)78-56(91)42(68)27-39-30-74-43-19-12-11-18-41(39)43/h8-12,16-19,30-31,34-37,42,44-50,53-55,74,87-88H,6-7,13-15,20-29,32-33,68H2,1-5H3,(H2,69,89)(H,72,76)(H,75,97)(H,77,90)(H,78,91)(H,79,96)(H,80,98)(H,81,93)(H,82,95)(H,83,94)(H,84,92)(H,101,102)(H4,70,71,73)/t35-,36-,37+,42-,44-,45-,46-,47-,48-,49-,50-,53-,54-,55-/m0/s1. The monoisotopic (exact) mass is 1420 g/mol. The maximum atomic E-state index is 14.8. The van der Waals surface area contributed by atoms with Crippen molar-refractivity contribution in [2.24, 2.45) is 39.8 Å². The van der Waals surface area contributed by atoms with Crippen LogP contribution >= 0.6 is 0 Å². The molecule has 4 aromatic rings. The highest BCUT2D eigenvalue weighted by atomic mass is 16.4. The second-order valence-electron chi connectivity index (χ2n) is 25.7. The molecule has 0 bridgehead atoms. The predicted octanol–water partition coefficient (Wildman–Crippen LogP) is -4.30. The van der Waals surface area contributed by atoms with Gasteiger partial charge in [0.15, 0.2) is 5.96 Å². The summed E-state index contributed by atoms with van der Waals surface area (Å²) in [6.45, 7) is 6.39. The molecule has 2 aromatic carbocycles. The number of carbonyl (C=O) groups is 13. The van der Waals surface area contributed by atoms with E-state index in [1.54, 1.807) is 57.3 Å². The fraction of sp³-hybridized carbons (Fsp3) is 0.537. The summed E-state index contributed by atoms with van der Waals surface area (Å²) in [5.41, 5.74) is 25.7. The molecule has 35 nitrogen and oxygen atoms in total. The third-order valence-electron chi connectivity index (χ3n) is 18.1. The average Bonchev–Trinajstić information content (AvgIpc) is 1.62. The molecule has 0 saturated carbocycles. The number of benzene rings is 2. The van der Waals surface area contributed by atoms with Gasteiger partial charge in [0.1, 0.15) is 60.4 Å². The number of para-hydroxylation sites is 1. The van der Waals surface area contributed by atoms with Gasteiger partial charge in [-0.1, -0.05) is 89.1 Å². The Balaban J connectivity index is 1.10. The van der Waals surface area contributed by atoms with Crippen molar-refractivity contribution < 1.29 is 77.6 Å². The van der Waals surface area contributed by atoms with Crippen LogP contribution in [-0.4, -0.2) is 228 Å². The number of carbonyl (C=O) groups excluding carboxylic acids is 12. The zero-order valence-electron chi connectivity index (χ0n) is 57.8. The van der Waals surface area contributed by atoms with Gasteiger partial charge in [0.2, 0.25) is 70.9 Å². The lowest BCUT2D eigenvalue weighted by molar-refractivity contribution is -0.149. The number of nitrogens with zero attached hydrogens (tertiary/aromatic N) is 4. The number of guanidine groups is 1. The van der Waals surface area contributed by atoms with Crippen LogP contribution in [0.1, 0.15) is 109 Å². The van der Waals surface area contributed by atoms with E-state index in [-0.39, 0.29) is 77.0 Å². The lowest BCUT2D eigenvalue weighted by Crippen LogP contribution is -2.61. The summed E-state index contributed by atoms with van der Waals surface area (Å²) in [6, 6.07) is 0.301. The quantitative estimate of drug-likeness (QED) is 0.0114. The molecule has 22 N–H and O–H groups in total. The van der Waals surface area contributed by atoms with E-state index >= 15 is 0 Å². The molecule has 2 aliphatic rings. The lowest BCUT2D eigenvalue weighted by Gasteiger charge is -2.35. The number of likely N-dealkylation sites (tertiary alicyclic amines) is 2. The van der Waals surface area contributed by atoms with E-state index in [2.05, 4.69) is 67.8 Å². The Bertz CT molecular complexity index is 3610. The topological polar surface area (TPSA) is 558 Å². The van der Waals surface area contributed by atoms with Gasteiger partial charge in [0.05, 0.1) is 38.0 Å². The molecule has 0 spiro atoms. The molecule has 0 radical (unpaired) electrons. The Hall–Kier alpha value is -10.6. The van der Waals surface area contributed by atoms with Crippen molar-refractivity contribution in [1.82, 2.24) is 72.6 Å². The first-order valence-corrected chi connectivity index (χ1v) is 34.0. The number of aromatic amines is 2. The van der Waals surface area contributed by atoms with Crippen LogP contribution in [0.5, 0.6) is 0 Å². The van der Waals surface area contributed by atoms with Crippen LogP contribution in [-0.2, 0) is 81.6 Å². The summed E-state index contributed by atoms with van der Waals surface area (Å²) in [5.74, 6) is -13.4. The minimum atomic E-state index is -1.80. The van der Waals surface area contributed by atoms with Gasteiger partial charge < -0.3 is 106 Å². The summed E-state index contributed by atoms with van der Waals surface area (Å²) in [6.07, 6.45) is 3.74. The summed E-state index contributed by atoms with van der Waals surface area (Å²) >= 11 is 0. The summed E-state index contributed by atoms with van der Waals surface area (Å²) in [7, 11) is 0. The number of nitrogens with one attached hydrogen (secondary N) is 11. The molecule has 2 aromatic heterocycles. The van der Waals surface area contributed by atoms with Crippen molar-refractivity contribution in [1.29, 1.82) is 0 Å². The first-order valence-electron chi connectivity index (χ1n) is 34.0. The molecule has 2 saturated heterocycles. The number of aliphatic imine (C=N–C) groups is 1. The molecule has 0 aliphatic carbocycles. The maximum Gasteiger partial charge on any atom is 0.328 e. The van der Waals surface area contributed by atoms with Crippen LogP contribution in [0, 0.1) is 11.8 Å². The Labute approximate surface area is 588 Å². The fourth-order valence-electron chi connectivity index (χ4n) is 12.0. The first kappa shape index (κ1) is 80.4. The number of carboxylic acids is 1. The maximum absolute atomic E-state index is 14.8. The number of fused-ring (bicyclic) bond motifs is 1. The molecule has 2 aliphatic heterocycles. The van der Waals surface area contributed by atoms with Gasteiger partial charge in [0.25, 0.3) is 0 Å². The zero-order valence-corrected chi connectivity index (χ0v) is 57.8. The van der Waals surface area contributed by atoms with Crippen LogP contribution in [0.15, 0.2) is 78.3 Å². The molecule has 14 atom stereocenters. The van der Waals surface area contributed by atoms with Crippen LogP contribution in [0.4, 0.5) is 0 Å². The number of primary amides is 1. The van der Waals surface area contributed by atoms with Gasteiger partial charge >= 0.3 is 5.97 Å². The number of aliphatic hydroxyl groups excluding tert-OH is 2. The Morgan fingerprint density at radius 2 is 1.23 bits per heavy atom. The SMILES string of the molecule is CC[C@H](C)[C@H](NC(=O)[C@H](CC(N)=O)NC(=O)[C@@H]1CCCN1C(=O)[C@@H]1CCCN1C(=O)[C@@H](NC(=O)[C@H](Cc1cnc[nH]1)NC(=O)[C@@H](N)Cc1c[nH]c2ccccc12)[C@@H](C)CC)C(=O)NCC(=O)N[C@@H](CCCN=C(N)N)C(=O)N[C@H](C(=O)N[C@@H](Cc1ccccc1)C(=O)N[C@@H](CO)C(=O)O)[C@@H](C)O. The molecule has 6 rings (SSSR count). The molecular formula is C67H97N19O16. The molecule has 4 heterocycles. The number of carboxylic acid groups (broad SMARTS) is 1. The zero-order chi connectivity index (χ0) is 74.9. The number of rotatable bonds is 39. The summed E-state index contributed by atoms with van der Waals surface area (Å²) in [4.78, 5) is 196. The Kier molecular flexibility index (Phi) is 30.6. The van der Waals surface area contributed by atoms with E-state index in [1.807, 2.05) is 31.2 Å². The fourth-order valence-corrected chi connectivity index (χ4v) is 12.0.